The average Bonchev–Trinajstić information content (AvgIpc) is 3.85. The minimum atomic E-state index is -0.782. The molecule has 0 aliphatic carbocycles. The Bertz CT molecular complexity index is 2470. The Labute approximate surface area is 363 Å². The van der Waals surface area contributed by atoms with Crippen LogP contribution in [0.2, 0.25) is 0 Å². The van der Waals surface area contributed by atoms with Crippen LogP contribution in [0.5, 0.6) is 0 Å². The maximum Gasteiger partial charge on any atom is 0.422 e. The summed E-state index contributed by atoms with van der Waals surface area (Å²) in [5, 5.41) is 22.2. The molecule has 316 valence electrons. The maximum atomic E-state index is 13.6. The van der Waals surface area contributed by atoms with Gasteiger partial charge in [0.2, 0.25) is 23.4 Å². The monoisotopic (exact) mass is 861 g/mol. The molecule has 0 bridgehead atoms. The summed E-state index contributed by atoms with van der Waals surface area (Å²) < 4.78 is 10.4. The van der Waals surface area contributed by atoms with Crippen molar-refractivity contribution in [2.24, 2.45) is 0 Å². The first kappa shape index (κ1) is 44.4. The lowest BCUT2D eigenvalue weighted by atomic mass is 10.0. The van der Waals surface area contributed by atoms with Crippen LogP contribution < -0.4 is 15.2 Å². The Morgan fingerprint density at radius 3 is 1.75 bits per heavy atom. The molecule has 4 aromatic heterocycles. The lowest BCUT2D eigenvalue weighted by molar-refractivity contribution is -0.699. The molecule has 0 aliphatic heterocycles. The highest BCUT2D eigenvalue weighted by molar-refractivity contribution is 8.00. The summed E-state index contributed by atoms with van der Waals surface area (Å²) in [4.78, 5) is 55.8. The highest BCUT2D eigenvalue weighted by Gasteiger charge is 2.29. The zero-order valence-electron chi connectivity index (χ0n) is 35.3. The van der Waals surface area contributed by atoms with E-state index in [1.165, 1.54) is 14.7 Å². The standard InChI is InChI=1S/C44H48N10O5S2/c1-27(2)31-9-13-35(14-10-31)46-40(57)30(5)61-42-51-49-38(54(42)43(58)59-44(6,7)8)34-19-23-52(24-20-34)25-28(3)32-11-15-36(16-12-32)47-39(56)29(4)60-41-50-48-37(53(41)26-55)33-17-21-45-22-18-33/h9-24,26-30H,25H2,1-8H3,(H-,46,47,56,57)/p+1. The Morgan fingerprint density at radius 1 is 0.705 bits per heavy atom. The van der Waals surface area contributed by atoms with Gasteiger partial charge in [-0.2, -0.15) is 0 Å². The second kappa shape index (κ2) is 19.5. The van der Waals surface area contributed by atoms with Gasteiger partial charge in [-0.05, 0) is 88.1 Å². The van der Waals surface area contributed by atoms with Crippen molar-refractivity contribution in [3.63, 3.8) is 0 Å². The van der Waals surface area contributed by atoms with Gasteiger partial charge in [-0.1, -0.05) is 68.6 Å². The second-order valence-electron chi connectivity index (χ2n) is 15.7. The molecule has 4 heterocycles. The van der Waals surface area contributed by atoms with Gasteiger partial charge in [0.15, 0.2) is 35.7 Å². The van der Waals surface area contributed by atoms with Gasteiger partial charge < -0.3 is 15.4 Å². The molecule has 2 amide bonds. The van der Waals surface area contributed by atoms with Crippen LogP contribution in [0.1, 0.15) is 78.4 Å². The molecular formula is C44H49N10O5S2+. The number of amides is 2. The number of hydrogen-bond acceptors (Lipinski definition) is 12. The highest BCUT2D eigenvalue weighted by Crippen LogP contribution is 2.30. The van der Waals surface area contributed by atoms with Gasteiger partial charge in [0, 0.05) is 52.9 Å². The van der Waals surface area contributed by atoms with Crippen LogP contribution in [-0.2, 0) is 25.7 Å². The Kier molecular flexibility index (Phi) is 14.1. The van der Waals surface area contributed by atoms with Gasteiger partial charge in [0.25, 0.3) is 0 Å². The molecule has 2 aromatic carbocycles. The topological polar surface area (TPSA) is 180 Å². The Morgan fingerprint density at radius 2 is 1.21 bits per heavy atom. The molecule has 0 aliphatic rings. The summed E-state index contributed by atoms with van der Waals surface area (Å²) in [5.74, 6) is 0.659. The first-order valence-corrected chi connectivity index (χ1v) is 21.5. The minimum Gasteiger partial charge on any atom is -0.443 e. The number of hydrogen-bond donors (Lipinski definition) is 2. The molecule has 0 spiro atoms. The quantitative estimate of drug-likeness (QED) is 0.0581. The van der Waals surface area contributed by atoms with E-state index in [9.17, 15) is 19.2 Å². The largest absolute Gasteiger partial charge is 0.443 e. The summed E-state index contributed by atoms with van der Waals surface area (Å²) in [6.07, 6.45) is 7.01. The first-order valence-electron chi connectivity index (χ1n) is 19.7. The van der Waals surface area contributed by atoms with E-state index in [-0.39, 0.29) is 22.9 Å². The highest BCUT2D eigenvalue weighted by atomic mass is 32.2. The number of aromatic nitrogens is 8. The normalized spacial score (nSPS) is 13.0. The molecule has 3 atom stereocenters. The van der Waals surface area contributed by atoms with Crippen molar-refractivity contribution in [1.82, 2.24) is 34.5 Å². The maximum absolute atomic E-state index is 13.6. The number of carbonyl (C=O) groups excluding carboxylic acids is 4. The molecule has 0 saturated carbocycles. The summed E-state index contributed by atoms with van der Waals surface area (Å²) in [7, 11) is 0. The number of nitrogens with zero attached hydrogens (tertiary/aromatic N) is 8. The van der Waals surface area contributed by atoms with Crippen LogP contribution >= 0.6 is 23.5 Å². The van der Waals surface area contributed by atoms with E-state index in [0.29, 0.717) is 58.2 Å². The molecular weight excluding hydrogens is 813 g/mol. The third kappa shape index (κ3) is 11.3. The first-order chi connectivity index (χ1) is 29.1. The third-order valence-electron chi connectivity index (χ3n) is 9.45. The number of pyridine rings is 2. The van der Waals surface area contributed by atoms with Crippen LogP contribution in [0.3, 0.4) is 0 Å². The molecule has 6 rings (SSSR count). The SMILES string of the molecule is CC(Sc1nnc(-c2ccncc2)n1C=O)C(=O)Nc1ccc(C(C)C[n+]2ccc(-c3nnc(SC(C)C(=O)Nc4ccc(C(C)C)cc4)n3C(=O)OC(C)(C)C)cc2)cc1. The predicted octanol–water partition coefficient (Wildman–Crippen LogP) is 7.87. The van der Waals surface area contributed by atoms with Gasteiger partial charge >= 0.3 is 6.09 Å². The van der Waals surface area contributed by atoms with E-state index in [0.717, 1.165) is 29.1 Å². The Hall–Kier alpha value is -6.20. The Balaban J connectivity index is 1.08. The summed E-state index contributed by atoms with van der Waals surface area (Å²) in [6.45, 7) is 15.8. The van der Waals surface area contributed by atoms with Gasteiger partial charge in [0.1, 0.15) is 5.60 Å². The molecule has 2 N–H and O–H groups in total. The number of rotatable bonds is 15. The second-order valence-corrected chi connectivity index (χ2v) is 18.3. The van der Waals surface area contributed by atoms with Crippen molar-refractivity contribution in [3.05, 3.63) is 109 Å². The van der Waals surface area contributed by atoms with Crippen molar-refractivity contribution in [3.8, 4) is 22.8 Å². The lowest BCUT2D eigenvalue weighted by Gasteiger charge is -2.21. The van der Waals surface area contributed by atoms with E-state index in [1.54, 1.807) is 59.1 Å². The van der Waals surface area contributed by atoms with Crippen molar-refractivity contribution >= 4 is 59.2 Å². The third-order valence-corrected chi connectivity index (χ3v) is 11.5. The number of ether oxygens (including phenoxy) is 1. The summed E-state index contributed by atoms with van der Waals surface area (Å²) in [5.41, 5.74) is 4.11. The lowest BCUT2D eigenvalue weighted by Crippen LogP contribution is -2.35. The van der Waals surface area contributed by atoms with Crippen LogP contribution in [0.15, 0.2) is 108 Å². The number of thioether (sulfide) groups is 2. The number of benzene rings is 2. The summed E-state index contributed by atoms with van der Waals surface area (Å²) >= 11 is 2.26. The van der Waals surface area contributed by atoms with Crippen molar-refractivity contribution in [1.29, 1.82) is 0 Å². The van der Waals surface area contributed by atoms with Gasteiger partial charge in [0.05, 0.1) is 10.5 Å². The van der Waals surface area contributed by atoms with Crippen LogP contribution in [0.4, 0.5) is 16.2 Å². The molecule has 0 radical (unpaired) electrons. The molecule has 61 heavy (non-hydrogen) atoms. The van der Waals surface area contributed by atoms with E-state index in [1.807, 2.05) is 77.6 Å². The zero-order chi connectivity index (χ0) is 43.8. The van der Waals surface area contributed by atoms with Crippen LogP contribution in [0, 0.1) is 0 Å². The van der Waals surface area contributed by atoms with Crippen molar-refractivity contribution in [2.45, 2.75) is 100 Å². The van der Waals surface area contributed by atoms with Crippen LogP contribution in [0.25, 0.3) is 22.8 Å². The minimum absolute atomic E-state index is 0.105. The van der Waals surface area contributed by atoms with E-state index in [2.05, 4.69) is 56.8 Å². The van der Waals surface area contributed by atoms with Crippen molar-refractivity contribution < 1.29 is 28.5 Å². The molecule has 0 fully saturated rings. The van der Waals surface area contributed by atoms with Gasteiger partial charge in [-0.15, -0.1) is 20.4 Å². The van der Waals surface area contributed by atoms with Crippen LogP contribution in [-0.4, -0.2) is 74.9 Å². The summed E-state index contributed by atoms with van der Waals surface area (Å²) in [6, 6.07) is 22.6. The average molecular weight is 862 g/mol. The number of carbonyl (C=O) groups is 4. The van der Waals surface area contributed by atoms with E-state index >= 15 is 0 Å². The molecule has 17 heteroatoms. The fourth-order valence-electron chi connectivity index (χ4n) is 6.06. The fraction of sp³-hybridized carbons (Fsp3) is 0.318. The number of nitrogens with one attached hydrogen (secondary N) is 2. The van der Waals surface area contributed by atoms with E-state index < -0.39 is 22.2 Å². The smallest absolute Gasteiger partial charge is 0.422 e. The molecule has 3 unspecified atom stereocenters. The van der Waals surface area contributed by atoms with Crippen molar-refractivity contribution in [2.75, 3.05) is 10.6 Å². The zero-order valence-corrected chi connectivity index (χ0v) is 36.9. The molecule has 6 aromatic rings. The molecule has 15 nitrogen and oxygen atoms in total. The fourth-order valence-corrected chi connectivity index (χ4v) is 7.71. The van der Waals surface area contributed by atoms with E-state index in [4.69, 9.17) is 4.74 Å². The molecule has 0 saturated heterocycles. The van der Waals surface area contributed by atoms with Gasteiger partial charge in [-0.25, -0.2) is 18.5 Å². The van der Waals surface area contributed by atoms with Gasteiger partial charge in [-0.3, -0.25) is 19.4 Å². The number of anilines is 2. The predicted molar refractivity (Wildman–Crippen MR) is 236 cm³/mol.